The Morgan fingerprint density at radius 1 is 0.358 bits per heavy atom. The van der Waals surface area contributed by atoms with Crippen molar-refractivity contribution in [2.75, 3.05) is 18.8 Å². The van der Waals surface area contributed by atoms with Gasteiger partial charge in [0, 0.05) is 38.8 Å². The van der Waals surface area contributed by atoms with Crippen LogP contribution in [0.15, 0.2) is 51.9 Å². The van der Waals surface area contributed by atoms with Gasteiger partial charge in [-0.15, -0.1) is 0 Å². The molecule has 0 atom stereocenters. The van der Waals surface area contributed by atoms with Gasteiger partial charge in [-0.2, -0.15) is 0 Å². The molecule has 0 unspecified atom stereocenters. The number of nitrogens with zero attached hydrogens (tertiary/aromatic N) is 7. The van der Waals surface area contributed by atoms with Gasteiger partial charge in [-0.25, -0.2) is 34.9 Å². The first-order valence-electron chi connectivity index (χ1n) is 15.2. The van der Waals surface area contributed by atoms with E-state index in [1.54, 1.807) is 0 Å². The SMILES string of the molecule is CSc1nc(Cl)c(-c2c3nc(c(-c4c(Cl)nc(SC)nc4Cl)c4ccc([nH]4)c4ccc([nH]4)c(-c4c(Cl)nc(SC)nc4Cl)c4ccc2[nH]4)C=C3)c(Cl)n1. The Bertz CT molecular complexity index is 2730. The van der Waals surface area contributed by atoms with Crippen molar-refractivity contribution in [1.82, 2.24) is 49.8 Å². The second kappa shape index (κ2) is 14.8. The molecular weight excluding hydrogens is 857 g/mol. The predicted octanol–water partition coefficient (Wildman–Crippen LogP) is 12.2. The Balaban J connectivity index is 1.58. The molecule has 1 aliphatic rings. The van der Waals surface area contributed by atoms with Crippen molar-refractivity contribution < 1.29 is 0 Å². The molecular formula is C34H20Cl6N10S3. The van der Waals surface area contributed by atoms with Crippen molar-refractivity contribution in [2.24, 2.45) is 0 Å². The summed E-state index contributed by atoms with van der Waals surface area (Å²) in [6.45, 7) is 0. The van der Waals surface area contributed by atoms with Gasteiger partial charge in [0.25, 0.3) is 0 Å². The minimum Gasteiger partial charge on any atom is -0.354 e. The number of hydrogen-bond acceptors (Lipinski definition) is 10. The van der Waals surface area contributed by atoms with E-state index in [1.165, 1.54) is 35.3 Å². The summed E-state index contributed by atoms with van der Waals surface area (Å²) >= 11 is 45.3. The number of aromatic amines is 3. The van der Waals surface area contributed by atoms with Gasteiger partial charge in [-0.1, -0.05) is 105 Å². The van der Waals surface area contributed by atoms with E-state index in [0.29, 0.717) is 82.3 Å². The Morgan fingerprint density at radius 2 is 0.623 bits per heavy atom. The number of nitrogens with one attached hydrogen (secondary N) is 3. The molecule has 266 valence electrons. The molecule has 7 aromatic heterocycles. The molecule has 8 bridgehead atoms. The van der Waals surface area contributed by atoms with Crippen LogP contribution in [0.2, 0.25) is 30.9 Å². The van der Waals surface area contributed by atoms with Crippen LogP contribution in [0.3, 0.4) is 0 Å². The fraction of sp³-hybridized carbons (Fsp3) is 0.0882. The molecule has 0 radical (unpaired) electrons. The standard InChI is InChI=1S/C34H20Cl6N10S3/c1-51-32-45-26(35)23(27(36)46-32)20-14-6-4-12(41-14)13-5-7-15(42-13)21(24-28(37)47-33(52-2)48-29(24)38)17-9-11-19(44-17)22(18-10-8-16(20)43-18)25-30(39)49-34(53-3)50-31(25)40/h4-11,41-43H,1-3H3. The summed E-state index contributed by atoms with van der Waals surface area (Å²) in [5.41, 5.74) is 8.01. The van der Waals surface area contributed by atoms with E-state index in [0.717, 1.165) is 11.0 Å². The molecule has 0 aliphatic carbocycles. The van der Waals surface area contributed by atoms with Crippen molar-refractivity contribution in [3.63, 3.8) is 0 Å². The van der Waals surface area contributed by atoms with Gasteiger partial charge in [0.2, 0.25) is 0 Å². The number of aromatic nitrogens is 10. The minimum atomic E-state index is 0.138. The summed E-state index contributed by atoms with van der Waals surface area (Å²) in [6, 6.07) is 11.5. The molecule has 8 heterocycles. The third kappa shape index (κ3) is 6.64. The van der Waals surface area contributed by atoms with Crippen molar-refractivity contribution in [1.29, 1.82) is 0 Å². The molecule has 19 heteroatoms. The highest BCUT2D eigenvalue weighted by atomic mass is 35.5. The zero-order valence-corrected chi connectivity index (χ0v) is 34.2. The highest BCUT2D eigenvalue weighted by Gasteiger charge is 2.25. The van der Waals surface area contributed by atoms with Crippen LogP contribution in [0, 0.1) is 0 Å². The molecule has 0 aromatic carbocycles. The van der Waals surface area contributed by atoms with E-state index in [9.17, 15) is 0 Å². The number of H-pyrrole nitrogens is 3. The molecule has 1 aliphatic heterocycles. The number of hydrogen-bond donors (Lipinski definition) is 3. The Kier molecular flexibility index (Phi) is 10.2. The van der Waals surface area contributed by atoms with Crippen LogP contribution >= 0.6 is 105 Å². The normalized spacial score (nSPS) is 12.0. The van der Waals surface area contributed by atoms with E-state index in [-0.39, 0.29) is 30.9 Å². The average Bonchev–Trinajstić information content (AvgIpc) is 3.97. The predicted molar refractivity (Wildman–Crippen MR) is 224 cm³/mol. The lowest BCUT2D eigenvalue weighted by Gasteiger charge is -2.10. The molecule has 0 spiro atoms. The zero-order valence-electron chi connectivity index (χ0n) is 27.2. The van der Waals surface area contributed by atoms with Crippen LogP contribution < -0.4 is 0 Å². The molecule has 3 N–H and O–H groups in total. The highest BCUT2D eigenvalue weighted by molar-refractivity contribution is 7.98. The first kappa shape index (κ1) is 36.7. The van der Waals surface area contributed by atoms with Crippen LogP contribution in [-0.2, 0) is 0 Å². The fourth-order valence-electron chi connectivity index (χ4n) is 6.00. The van der Waals surface area contributed by atoms with Gasteiger partial charge in [-0.3, -0.25) is 0 Å². The van der Waals surface area contributed by atoms with Gasteiger partial charge < -0.3 is 15.0 Å². The van der Waals surface area contributed by atoms with Crippen LogP contribution in [0.1, 0.15) is 11.4 Å². The minimum absolute atomic E-state index is 0.138. The van der Waals surface area contributed by atoms with E-state index in [4.69, 9.17) is 74.6 Å². The molecule has 10 nitrogen and oxygen atoms in total. The van der Waals surface area contributed by atoms with Crippen LogP contribution in [-0.4, -0.2) is 68.6 Å². The summed E-state index contributed by atoms with van der Waals surface area (Å²) in [5, 5.41) is 2.25. The summed E-state index contributed by atoms with van der Waals surface area (Å²) in [4.78, 5) is 42.8. The topological polar surface area (TPSA) is 138 Å². The highest BCUT2D eigenvalue weighted by Crippen LogP contribution is 2.44. The maximum atomic E-state index is 6.91. The van der Waals surface area contributed by atoms with Crippen molar-refractivity contribution in [2.45, 2.75) is 15.5 Å². The summed E-state index contributed by atoms with van der Waals surface area (Å²) in [7, 11) is 0. The van der Waals surface area contributed by atoms with E-state index in [1.807, 2.05) is 67.3 Å². The van der Waals surface area contributed by atoms with Gasteiger partial charge in [0.15, 0.2) is 15.5 Å². The van der Waals surface area contributed by atoms with E-state index < -0.39 is 0 Å². The lowest BCUT2D eigenvalue weighted by Crippen LogP contribution is -1.96. The van der Waals surface area contributed by atoms with Crippen LogP contribution in [0.25, 0.3) is 78.6 Å². The summed E-state index contributed by atoms with van der Waals surface area (Å²) < 4.78 is 0. The van der Waals surface area contributed by atoms with Gasteiger partial charge in [0.05, 0.1) is 39.1 Å². The number of thioether (sulfide) groups is 3. The van der Waals surface area contributed by atoms with Gasteiger partial charge >= 0.3 is 0 Å². The molecule has 0 saturated heterocycles. The lowest BCUT2D eigenvalue weighted by atomic mass is 10.1. The molecule has 0 fully saturated rings. The molecule has 8 rings (SSSR count). The fourth-order valence-corrected chi connectivity index (χ4v) is 9.13. The number of rotatable bonds is 6. The van der Waals surface area contributed by atoms with Crippen molar-refractivity contribution >= 4 is 150 Å². The molecule has 0 amide bonds. The quantitative estimate of drug-likeness (QED) is 0.0841. The monoisotopic (exact) mass is 874 g/mol. The molecule has 53 heavy (non-hydrogen) atoms. The second-order valence-electron chi connectivity index (χ2n) is 11.2. The third-order valence-corrected chi connectivity index (χ3v) is 11.6. The average molecular weight is 878 g/mol. The van der Waals surface area contributed by atoms with E-state index in [2.05, 4.69) is 44.9 Å². The third-order valence-electron chi connectivity index (χ3n) is 8.28. The Labute approximate surface area is 343 Å². The van der Waals surface area contributed by atoms with Gasteiger partial charge in [0.1, 0.15) is 30.9 Å². The maximum Gasteiger partial charge on any atom is 0.190 e. The smallest absolute Gasteiger partial charge is 0.190 e. The summed E-state index contributed by atoms with van der Waals surface area (Å²) in [5.74, 6) is 0. The number of fused-ring (bicyclic) bond motifs is 9. The van der Waals surface area contributed by atoms with Crippen LogP contribution in [0.5, 0.6) is 0 Å². The van der Waals surface area contributed by atoms with E-state index >= 15 is 0 Å². The number of halogens is 6. The maximum absolute atomic E-state index is 6.91. The Morgan fingerprint density at radius 3 is 0.943 bits per heavy atom. The zero-order chi connectivity index (χ0) is 37.1. The second-order valence-corrected chi connectivity index (χ2v) is 15.7. The Hall–Kier alpha value is -3.24. The van der Waals surface area contributed by atoms with Crippen LogP contribution in [0.4, 0.5) is 0 Å². The first-order valence-corrected chi connectivity index (χ1v) is 21.2. The first-order chi connectivity index (χ1) is 25.6. The molecule has 7 aromatic rings. The largest absolute Gasteiger partial charge is 0.354 e. The molecule has 0 saturated carbocycles. The van der Waals surface area contributed by atoms with Crippen molar-refractivity contribution in [3.05, 3.63) is 78.7 Å². The lowest BCUT2D eigenvalue weighted by molar-refractivity contribution is 0.973. The summed E-state index contributed by atoms with van der Waals surface area (Å²) in [6.07, 6.45) is 9.23. The van der Waals surface area contributed by atoms with Crippen molar-refractivity contribution in [3.8, 4) is 33.4 Å². The van der Waals surface area contributed by atoms with Gasteiger partial charge in [-0.05, 0) is 67.3 Å².